The molecule has 0 atom stereocenters. The molecule has 4 rings (SSSR count). The van der Waals surface area contributed by atoms with Crippen LogP contribution in [-0.4, -0.2) is 56.3 Å². The molecule has 0 fully saturated rings. The van der Waals surface area contributed by atoms with Crippen LogP contribution in [0.2, 0.25) is 0 Å². The fourth-order valence-corrected chi connectivity index (χ4v) is 4.56. The first-order valence-electron chi connectivity index (χ1n) is 18.9. The second kappa shape index (κ2) is 27.6. The van der Waals surface area contributed by atoms with E-state index >= 15 is 0 Å². The average Bonchev–Trinajstić information content (AvgIpc) is 3.28. The summed E-state index contributed by atoms with van der Waals surface area (Å²) in [5.74, 6) is -0.0359. The Labute approximate surface area is 354 Å². The summed E-state index contributed by atoms with van der Waals surface area (Å²) >= 11 is 0. The molecular formula is C48H45NO12. The van der Waals surface area contributed by atoms with Crippen molar-refractivity contribution in [2.75, 3.05) is 26.4 Å². The van der Waals surface area contributed by atoms with Crippen LogP contribution in [0.4, 0.5) is 0 Å². The van der Waals surface area contributed by atoms with E-state index in [4.69, 9.17) is 38.4 Å². The topological polar surface area (TPSA) is 174 Å². The predicted octanol–water partition coefficient (Wildman–Crippen LogP) is 8.35. The highest BCUT2D eigenvalue weighted by Crippen LogP contribution is 2.19. The molecule has 0 unspecified atom stereocenters. The van der Waals surface area contributed by atoms with Gasteiger partial charge < -0.3 is 33.2 Å². The minimum Gasteiger partial charge on any atom is -0.494 e. The molecule has 61 heavy (non-hydrogen) atoms. The van der Waals surface area contributed by atoms with Crippen molar-refractivity contribution in [2.24, 2.45) is 0 Å². The molecule has 0 aliphatic carbocycles. The number of carbonyl (C=O) groups excluding carboxylic acids is 5. The first-order chi connectivity index (χ1) is 29.6. The van der Waals surface area contributed by atoms with Gasteiger partial charge in [-0.1, -0.05) is 44.0 Å². The maximum absolute atomic E-state index is 12.0. The standard InChI is InChI=1S/C25H24O7.C23H21NO5/c1-3-23(26)30-18-6-5-17-29-20-10-7-19(8-11-20)9-16-25(28)32-22-14-12-21(13-15-22)31-24(27)4-2;1-2-22(25)28-16-4-3-15-27-20-10-5-18(6-11-20)9-14-23(26)29-21-12-7-19(17-24)8-13-21/h3-4,7-16H,1-2,5-6,17-18H2;2,5-14H,1,3-4,15-16H2. The number of hydrogen-bond donors (Lipinski definition) is 0. The van der Waals surface area contributed by atoms with E-state index in [2.05, 4.69) is 19.7 Å². The van der Waals surface area contributed by atoms with Crippen LogP contribution in [-0.2, 0) is 33.4 Å². The third-order valence-electron chi connectivity index (χ3n) is 7.65. The zero-order valence-corrected chi connectivity index (χ0v) is 33.4. The second-order valence-corrected chi connectivity index (χ2v) is 12.2. The molecule has 0 aliphatic rings. The lowest BCUT2D eigenvalue weighted by atomic mass is 10.2. The maximum atomic E-state index is 12.0. The van der Waals surface area contributed by atoms with Gasteiger partial charge in [0.1, 0.15) is 28.7 Å². The van der Waals surface area contributed by atoms with Gasteiger partial charge in [0.15, 0.2) is 0 Å². The summed E-state index contributed by atoms with van der Waals surface area (Å²) in [6.07, 6.45) is 12.2. The molecule has 0 amide bonds. The molecule has 0 saturated heterocycles. The molecule has 314 valence electrons. The number of nitriles is 1. The quantitative estimate of drug-likeness (QED) is 0.0320. The molecule has 13 heteroatoms. The van der Waals surface area contributed by atoms with Gasteiger partial charge in [-0.2, -0.15) is 5.26 Å². The average molecular weight is 828 g/mol. The number of carbonyl (C=O) groups is 5. The largest absolute Gasteiger partial charge is 0.494 e. The van der Waals surface area contributed by atoms with E-state index in [0.29, 0.717) is 73.6 Å². The first-order valence-corrected chi connectivity index (χ1v) is 18.9. The van der Waals surface area contributed by atoms with Gasteiger partial charge in [0, 0.05) is 30.4 Å². The SMILES string of the molecule is C=CC(=O)OCCCCOc1ccc(C=CC(=O)Oc2ccc(C#N)cc2)cc1.C=CC(=O)OCCCCOc1ccc(C=CC(=O)Oc2ccc(OC(=O)C=C)cc2)cc1. The van der Waals surface area contributed by atoms with Crippen LogP contribution in [0.1, 0.15) is 42.4 Å². The summed E-state index contributed by atoms with van der Waals surface area (Å²) in [6.45, 7) is 11.7. The molecule has 13 nitrogen and oxygen atoms in total. The molecule has 0 N–H and O–H groups in total. The van der Waals surface area contributed by atoms with E-state index in [0.717, 1.165) is 42.2 Å². The minimum atomic E-state index is -0.569. The Balaban J connectivity index is 0.000000327. The number of benzene rings is 4. The van der Waals surface area contributed by atoms with E-state index in [1.165, 1.54) is 36.4 Å². The fraction of sp³-hybridized carbons (Fsp3) is 0.167. The van der Waals surface area contributed by atoms with E-state index in [9.17, 15) is 24.0 Å². The highest BCUT2D eigenvalue weighted by molar-refractivity contribution is 5.89. The van der Waals surface area contributed by atoms with Crippen molar-refractivity contribution in [1.82, 2.24) is 0 Å². The highest BCUT2D eigenvalue weighted by atomic mass is 16.6. The van der Waals surface area contributed by atoms with Crippen molar-refractivity contribution in [1.29, 1.82) is 5.26 Å². The number of ether oxygens (including phenoxy) is 7. The van der Waals surface area contributed by atoms with Crippen molar-refractivity contribution in [2.45, 2.75) is 25.7 Å². The van der Waals surface area contributed by atoms with Crippen LogP contribution in [0, 0.1) is 11.3 Å². The molecule has 0 aromatic heterocycles. The lowest BCUT2D eigenvalue weighted by Gasteiger charge is -2.06. The van der Waals surface area contributed by atoms with Crippen molar-refractivity contribution in [3.63, 3.8) is 0 Å². The van der Waals surface area contributed by atoms with Crippen LogP contribution in [0.3, 0.4) is 0 Å². The first kappa shape index (κ1) is 47.4. The summed E-state index contributed by atoms with van der Waals surface area (Å²) in [5.41, 5.74) is 2.13. The lowest BCUT2D eigenvalue weighted by molar-refractivity contribution is -0.138. The van der Waals surface area contributed by atoms with Gasteiger partial charge in [0.25, 0.3) is 0 Å². The molecular weight excluding hydrogens is 783 g/mol. The predicted molar refractivity (Wildman–Crippen MR) is 227 cm³/mol. The Bertz CT molecular complexity index is 2160. The van der Waals surface area contributed by atoms with Gasteiger partial charge in [-0.3, -0.25) is 0 Å². The summed E-state index contributed by atoms with van der Waals surface area (Å²) in [7, 11) is 0. The van der Waals surface area contributed by atoms with Crippen molar-refractivity contribution >= 4 is 42.0 Å². The van der Waals surface area contributed by atoms with Gasteiger partial charge in [0.05, 0.1) is 38.1 Å². The van der Waals surface area contributed by atoms with E-state index in [-0.39, 0.29) is 0 Å². The normalized spacial score (nSPS) is 10.2. The zero-order valence-electron chi connectivity index (χ0n) is 33.4. The Morgan fingerprint density at radius 2 is 0.770 bits per heavy atom. The summed E-state index contributed by atoms with van der Waals surface area (Å²) < 4.78 is 36.3. The van der Waals surface area contributed by atoms with Crippen LogP contribution in [0.5, 0.6) is 28.7 Å². The molecule has 0 spiro atoms. The molecule has 0 heterocycles. The van der Waals surface area contributed by atoms with Crippen molar-refractivity contribution in [3.05, 3.63) is 164 Å². The molecule has 0 bridgehead atoms. The van der Waals surface area contributed by atoms with E-state index < -0.39 is 29.8 Å². The summed E-state index contributed by atoms with van der Waals surface area (Å²) in [5, 5.41) is 8.75. The van der Waals surface area contributed by atoms with Gasteiger partial charge in [-0.15, -0.1) is 0 Å². The Morgan fingerprint density at radius 3 is 1.13 bits per heavy atom. The van der Waals surface area contributed by atoms with E-state index in [1.54, 1.807) is 48.6 Å². The van der Waals surface area contributed by atoms with Crippen LogP contribution in [0.25, 0.3) is 12.2 Å². The molecule has 0 aliphatic heterocycles. The monoisotopic (exact) mass is 827 g/mol. The van der Waals surface area contributed by atoms with Gasteiger partial charge in [-0.05, 0) is 122 Å². The third kappa shape index (κ3) is 20.3. The number of hydrogen-bond acceptors (Lipinski definition) is 13. The van der Waals surface area contributed by atoms with Crippen LogP contribution in [0.15, 0.2) is 147 Å². The summed E-state index contributed by atoms with van der Waals surface area (Å²) in [4.78, 5) is 56.8. The smallest absolute Gasteiger partial charge is 0.336 e. The summed E-state index contributed by atoms with van der Waals surface area (Å²) in [6, 6.07) is 28.9. The second-order valence-electron chi connectivity index (χ2n) is 12.2. The third-order valence-corrected chi connectivity index (χ3v) is 7.65. The highest BCUT2D eigenvalue weighted by Gasteiger charge is 2.05. The van der Waals surface area contributed by atoms with Crippen molar-refractivity contribution < 1.29 is 57.1 Å². The number of nitrogens with zero attached hydrogens (tertiary/aromatic N) is 1. The molecule has 4 aromatic carbocycles. The Hall–Kier alpha value is -7.98. The maximum Gasteiger partial charge on any atom is 0.336 e. The van der Waals surface area contributed by atoms with E-state index in [1.807, 2.05) is 42.5 Å². The fourth-order valence-electron chi connectivity index (χ4n) is 4.56. The van der Waals surface area contributed by atoms with Crippen LogP contribution >= 0.6 is 0 Å². The molecule has 0 radical (unpaired) electrons. The lowest BCUT2D eigenvalue weighted by Crippen LogP contribution is -2.05. The molecule has 0 saturated carbocycles. The number of unbranched alkanes of at least 4 members (excludes halogenated alkanes) is 2. The Kier molecular flexibility index (Phi) is 21.5. The molecule has 4 aromatic rings. The zero-order chi connectivity index (χ0) is 44.1. The van der Waals surface area contributed by atoms with Gasteiger partial charge in [0.2, 0.25) is 0 Å². The van der Waals surface area contributed by atoms with Crippen LogP contribution < -0.4 is 23.7 Å². The number of rotatable bonds is 22. The number of esters is 5. The minimum absolute atomic E-state index is 0.320. The van der Waals surface area contributed by atoms with Gasteiger partial charge >= 0.3 is 29.8 Å². The van der Waals surface area contributed by atoms with Gasteiger partial charge in [-0.25, -0.2) is 24.0 Å². The Morgan fingerprint density at radius 1 is 0.443 bits per heavy atom. The van der Waals surface area contributed by atoms with Crippen molar-refractivity contribution in [3.8, 4) is 34.8 Å².